The maximum Gasteiger partial charge on any atom is 0.253 e. The summed E-state index contributed by atoms with van der Waals surface area (Å²) in [7, 11) is 1.75. The number of anilines is 1. The first-order chi connectivity index (χ1) is 18.9. The van der Waals surface area contributed by atoms with Crippen LogP contribution in [0.5, 0.6) is 0 Å². The van der Waals surface area contributed by atoms with Gasteiger partial charge in [-0.15, -0.1) is 11.3 Å². The number of aromatic nitrogens is 1. The summed E-state index contributed by atoms with van der Waals surface area (Å²) < 4.78 is 0. The van der Waals surface area contributed by atoms with Crippen LogP contribution in [0.3, 0.4) is 0 Å². The van der Waals surface area contributed by atoms with Crippen LogP contribution in [0.2, 0.25) is 0 Å². The fraction of sp³-hybridized carbons (Fsp3) is 0.258. The molecule has 3 aromatic carbocycles. The van der Waals surface area contributed by atoms with Crippen LogP contribution in [0.4, 0.5) is 5.69 Å². The maximum absolute atomic E-state index is 13.3. The summed E-state index contributed by atoms with van der Waals surface area (Å²) in [6.07, 6.45) is 1.46. The molecule has 1 aromatic heterocycles. The Balaban J connectivity index is 1.39. The molecule has 202 valence electrons. The molecular formula is C31H35N5O2S. The van der Waals surface area contributed by atoms with E-state index < -0.39 is 0 Å². The molecule has 0 radical (unpaired) electrons. The van der Waals surface area contributed by atoms with E-state index in [2.05, 4.69) is 27.8 Å². The third-order valence-corrected chi connectivity index (χ3v) is 7.32. The molecule has 0 unspecified atom stereocenters. The quantitative estimate of drug-likeness (QED) is 0.176. The Kier molecular flexibility index (Phi) is 9.83. The van der Waals surface area contributed by atoms with Gasteiger partial charge in [0.2, 0.25) is 0 Å². The van der Waals surface area contributed by atoms with Gasteiger partial charge in [-0.05, 0) is 67.8 Å². The second kappa shape index (κ2) is 13.7. The molecule has 4 rings (SSSR count). The SMILES string of the molecule is Cc1csc(CN(C)C(=O)c2cccc(C(=O)N[C@H](CCNCc3cccc(N)c3)Cc3ccccc3)c2)n1. The third kappa shape index (κ3) is 8.49. The average Bonchev–Trinajstić information content (AvgIpc) is 3.35. The molecule has 4 aromatic rings. The molecule has 4 N–H and O–H groups in total. The molecule has 0 aliphatic heterocycles. The topological polar surface area (TPSA) is 100 Å². The summed E-state index contributed by atoms with van der Waals surface area (Å²) in [5.74, 6) is -0.344. The lowest BCUT2D eigenvalue weighted by molar-refractivity contribution is 0.0785. The number of thiazole rings is 1. The van der Waals surface area contributed by atoms with Crippen molar-refractivity contribution < 1.29 is 9.59 Å². The molecule has 8 heteroatoms. The minimum Gasteiger partial charge on any atom is -0.399 e. The first-order valence-corrected chi connectivity index (χ1v) is 13.9. The smallest absolute Gasteiger partial charge is 0.253 e. The lowest BCUT2D eigenvalue weighted by Crippen LogP contribution is -2.38. The Hall–Kier alpha value is -4.01. The van der Waals surface area contributed by atoms with Gasteiger partial charge in [0.05, 0.1) is 6.54 Å². The summed E-state index contributed by atoms with van der Waals surface area (Å²) in [5.41, 5.74) is 10.8. The van der Waals surface area contributed by atoms with Crippen molar-refractivity contribution in [1.82, 2.24) is 20.5 Å². The summed E-state index contributed by atoms with van der Waals surface area (Å²) in [6.45, 7) is 3.79. The predicted octanol–water partition coefficient (Wildman–Crippen LogP) is 4.83. The van der Waals surface area contributed by atoms with Crippen molar-refractivity contribution >= 4 is 28.8 Å². The van der Waals surface area contributed by atoms with Gasteiger partial charge < -0.3 is 21.3 Å². The molecule has 0 fully saturated rings. The molecule has 7 nitrogen and oxygen atoms in total. The van der Waals surface area contributed by atoms with Crippen molar-refractivity contribution in [1.29, 1.82) is 0 Å². The zero-order valence-corrected chi connectivity index (χ0v) is 23.2. The molecular weight excluding hydrogens is 506 g/mol. The lowest BCUT2D eigenvalue weighted by Gasteiger charge is -2.20. The van der Waals surface area contributed by atoms with Gasteiger partial charge in [-0.1, -0.05) is 48.5 Å². The zero-order chi connectivity index (χ0) is 27.6. The van der Waals surface area contributed by atoms with Crippen molar-refractivity contribution in [2.24, 2.45) is 0 Å². The van der Waals surface area contributed by atoms with Gasteiger partial charge >= 0.3 is 0 Å². The summed E-state index contributed by atoms with van der Waals surface area (Å²) in [4.78, 5) is 32.4. The number of benzene rings is 3. The highest BCUT2D eigenvalue weighted by Gasteiger charge is 2.18. The number of rotatable bonds is 12. The Morgan fingerprint density at radius 3 is 2.46 bits per heavy atom. The van der Waals surface area contributed by atoms with Gasteiger partial charge in [-0.2, -0.15) is 0 Å². The molecule has 0 bridgehead atoms. The van der Waals surface area contributed by atoms with Gasteiger partial charge in [0.25, 0.3) is 11.8 Å². The van der Waals surface area contributed by atoms with E-state index in [0.29, 0.717) is 30.6 Å². The van der Waals surface area contributed by atoms with Gasteiger partial charge in [0, 0.05) is 47.5 Å². The lowest BCUT2D eigenvalue weighted by atomic mass is 10.0. The van der Waals surface area contributed by atoms with Gasteiger partial charge in [-0.3, -0.25) is 9.59 Å². The number of aryl methyl sites for hydroxylation is 1. The molecule has 0 aliphatic rings. The number of nitrogens with one attached hydrogen (secondary N) is 2. The third-order valence-electron chi connectivity index (χ3n) is 6.37. The van der Waals surface area contributed by atoms with E-state index in [9.17, 15) is 9.59 Å². The second-order valence-electron chi connectivity index (χ2n) is 9.70. The summed E-state index contributed by atoms with van der Waals surface area (Å²) in [5, 5.41) is 9.50. The van der Waals surface area contributed by atoms with E-state index in [1.165, 1.54) is 11.3 Å². The molecule has 39 heavy (non-hydrogen) atoms. The first kappa shape index (κ1) is 28.0. The van der Waals surface area contributed by atoms with Gasteiger partial charge in [-0.25, -0.2) is 4.98 Å². The number of nitrogens with zero attached hydrogens (tertiary/aromatic N) is 2. The van der Waals surface area contributed by atoms with Crippen LogP contribution in [0.25, 0.3) is 0 Å². The predicted molar refractivity (Wildman–Crippen MR) is 158 cm³/mol. The molecule has 1 heterocycles. The first-order valence-electron chi connectivity index (χ1n) is 13.0. The Labute approximate surface area is 234 Å². The van der Waals surface area contributed by atoms with Crippen LogP contribution in [-0.2, 0) is 19.5 Å². The Morgan fingerprint density at radius 2 is 1.72 bits per heavy atom. The van der Waals surface area contributed by atoms with E-state index in [1.807, 2.05) is 54.8 Å². The summed E-state index contributed by atoms with van der Waals surface area (Å²) in [6, 6.07) is 24.8. The molecule has 0 saturated carbocycles. The van der Waals surface area contributed by atoms with E-state index in [4.69, 9.17) is 5.73 Å². The molecule has 2 amide bonds. The zero-order valence-electron chi connectivity index (χ0n) is 22.4. The highest BCUT2D eigenvalue weighted by atomic mass is 32.1. The van der Waals surface area contributed by atoms with E-state index >= 15 is 0 Å². The van der Waals surface area contributed by atoms with Gasteiger partial charge in [0.15, 0.2) is 0 Å². The summed E-state index contributed by atoms with van der Waals surface area (Å²) >= 11 is 1.53. The normalized spacial score (nSPS) is 11.6. The van der Waals surface area contributed by atoms with Crippen molar-refractivity contribution in [3.8, 4) is 0 Å². The average molecular weight is 542 g/mol. The number of hydrogen-bond acceptors (Lipinski definition) is 6. The van der Waals surface area contributed by atoms with Crippen LogP contribution in [0, 0.1) is 6.92 Å². The number of nitrogen functional groups attached to an aromatic ring is 1. The largest absolute Gasteiger partial charge is 0.399 e. The minimum atomic E-state index is -0.195. The van der Waals surface area contributed by atoms with E-state index in [0.717, 1.165) is 40.5 Å². The highest BCUT2D eigenvalue weighted by molar-refractivity contribution is 7.09. The number of carbonyl (C=O) groups excluding carboxylic acids is 2. The molecule has 0 saturated heterocycles. The fourth-order valence-corrected chi connectivity index (χ4v) is 5.19. The minimum absolute atomic E-state index is 0.0802. The number of nitrogens with two attached hydrogens (primary N) is 1. The molecule has 1 atom stereocenters. The second-order valence-corrected chi connectivity index (χ2v) is 10.6. The Bertz CT molecular complexity index is 1390. The van der Waals surface area contributed by atoms with Crippen LogP contribution in [0.1, 0.15) is 49.0 Å². The molecule has 0 aliphatic carbocycles. The number of amides is 2. The van der Waals surface area contributed by atoms with Crippen molar-refractivity contribution in [2.45, 2.75) is 38.9 Å². The number of carbonyl (C=O) groups is 2. The fourth-order valence-electron chi connectivity index (χ4n) is 4.37. The van der Waals surface area contributed by atoms with E-state index in [1.54, 1.807) is 36.2 Å². The monoisotopic (exact) mass is 541 g/mol. The van der Waals surface area contributed by atoms with Crippen molar-refractivity contribution in [3.05, 3.63) is 117 Å². The van der Waals surface area contributed by atoms with Crippen LogP contribution < -0.4 is 16.4 Å². The van der Waals surface area contributed by atoms with Crippen LogP contribution in [-0.4, -0.2) is 41.3 Å². The maximum atomic E-state index is 13.3. The standard InChI is InChI=1S/C31H35N5O2S/c1-22-21-39-29(34-22)20-36(2)31(38)26-12-7-11-25(18-26)30(37)35-28(17-23-8-4-3-5-9-23)14-15-33-19-24-10-6-13-27(32)16-24/h3-13,16,18,21,28,33H,14-15,17,19-20,32H2,1-2H3,(H,35,37)/t28-/m1/s1. The van der Waals surface area contributed by atoms with Crippen molar-refractivity contribution in [2.75, 3.05) is 19.3 Å². The van der Waals surface area contributed by atoms with E-state index in [-0.39, 0.29) is 17.9 Å². The molecule has 0 spiro atoms. The Morgan fingerprint density at radius 1 is 0.974 bits per heavy atom. The van der Waals surface area contributed by atoms with Crippen molar-refractivity contribution in [3.63, 3.8) is 0 Å². The van der Waals surface area contributed by atoms with Crippen LogP contribution >= 0.6 is 11.3 Å². The van der Waals surface area contributed by atoms with Gasteiger partial charge in [0.1, 0.15) is 5.01 Å². The number of hydrogen-bond donors (Lipinski definition) is 3. The highest BCUT2D eigenvalue weighted by Crippen LogP contribution is 2.15. The van der Waals surface area contributed by atoms with Crippen LogP contribution in [0.15, 0.2) is 84.2 Å².